The molecule has 0 aromatic carbocycles. The van der Waals surface area contributed by atoms with Crippen LogP contribution in [-0.2, 0) is 0 Å². The van der Waals surface area contributed by atoms with Gasteiger partial charge in [-0.25, -0.2) is 0 Å². The van der Waals surface area contributed by atoms with Crippen LogP contribution in [0.25, 0.3) is 0 Å². The molecule has 1 aromatic rings. The van der Waals surface area contributed by atoms with Crippen molar-refractivity contribution in [3.8, 4) is 0 Å². The van der Waals surface area contributed by atoms with Crippen molar-refractivity contribution in [3.05, 3.63) is 22.4 Å². The van der Waals surface area contributed by atoms with Crippen LogP contribution in [0.1, 0.15) is 39.2 Å². The molecule has 0 amide bonds. The lowest BCUT2D eigenvalue weighted by Gasteiger charge is -2.21. The minimum atomic E-state index is 0. The van der Waals surface area contributed by atoms with Gasteiger partial charge in [-0.1, -0.05) is 6.92 Å². The standard InChI is InChI=1S/C16H30N4S.HI/c1-6-17-16(18-8-9-20(5)13(2)3)19-11-14(4)15-7-10-21-12-15;/h7,10,12-14H,6,8-9,11H2,1-5H3,(H2,17,18,19);1H. The monoisotopic (exact) mass is 438 g/mol. The molecule has 0 aliphatic rings. The van der Waals surface area contributed by atoms with Gasteiger partial charge < -0.3 is 15.5 Å². The number of nitrogens with one attached hydrogen (secondary N) is 2. The first-order valence-corrected chi connectivity index (χ1v) is 8.73. The van der Waals surface area contributed by atoms with Gasteiger partial charge >= 0.3 is 0 Å². The molecular weight excluding hydrogens is 407 g/mol. The molecule has 0 bridgehead atoms. The van der Waals surface area contributed by atoms with E-state index in [4.69, 9.17) is 4.99 Å². The van der Waals surface area contributed by atoms with Crippen molar-refractivity contribution in [1.82, 2.24) is 15.5 Å². The zero-order valence-electron chi connectivity index (χ0n) is 14.4. The summed E-state index contributed by atoms with van der Waals surface area (Å²) in [5.74, 6) is 1.38. The highest BCUT2D eigenvalue weighted by molar-refractivity contribution is 14.0. The fourth-order valence-electron chi connectivity index (χ4n) is 1.84. The third-order valence-corrected chi connectivity index (χ3v) is 4.32. The maximum absolute atomic E-state index is 4.69. The average molecular weight is 438 g/mol. The molecule has 0 fully saturated rings. The largest absolute Gasteiger partial charge is 0.357 e. The molecule has 0 radical (unpaired) electrons. The molecule has 2 N–H and O–H groups in total. The molecule has 1 atom stereocenters. The predicted molar refractivity (Wildman–Crippen MR) is 110 cm³/mol. The van der Waals surface area contributed by atoms with Crippen LogP contribution in [0.5, 0.6) is 0 Å². The lowest BCUT2D eigenvalue weighted by molar-refractivity contribution is 0.278. The predicted octanol–water partition coefficient (Wildman–Crippen LogP) is 3.36. The van der Waals surface area contributed by atoms with Gasteiger partial charge in [0.05, 0.1) is 0 Å². The Labute approximate surface area is 156 Å². The number of nitrogens with zero attached hydrogens (tertiary/aromatic N) is 2. The van der Waals surface area contributed by atoms with E-state index in [-0.39, 0.29) is 24.0 Å². The van der Waals surface area contributed by atoms with Crippen molar-refractivity contribution in [2.45, 2.75) is 39.7 Å². The summed E-state index contributed by atoms with van der Waals surface area (Å²) in [6, 6.07) is 2.76. The normalized spacial score (nSPS) is 13.1. The zero-order chi connectivity index (χ0) is 15.7. The molecule has 1 aromatic heterocycles. The summed E-state index contributed by atoms with van der Waals surface area (Å²) in [5.41, 5.74) is 1.37. The number of guanidine groups is 1. The lowest BCUT2D eigenvalue weighted by Crippen LogP contribution is -2.42. The highest BCUT2D eigenvalue weighted by Gasteiger charge is 2.06. The van der Waals surface area contributed by atoms with Crippen LogP contribution < -0.4 is 10.6 Å². The summed E-state index contributed by atoms with van der Waals surface area (Å²) in [5, 5.41) is 11.0. The molecule has 0 spiro atoms. The topological polar surface area (TPSA) is 39.7 Å². The van der Waals surface area contributed by atoms with Crippen LogP contribution in [0.2, 0.25) is 0 Å². The number of hydrogen-bond acceptors (Lipinski definition) is 3. The van der Waals surface area contributed by atoms with Gasteiger partial charge in [0, 0.05) is 38.1 Å². The van der Waals surface area contributed by atoms with Gasteiger partial charge in [0.2, 0.25) is 0 Å². The van der Waals surface area contributed by atoms with E-state index in [1.807, 2.05) is 0 Å². The first kappa shape index (κ1) is 21.7. The van der Waals surface area contributed by atoms with Crippen molar-refractivity contribution >= 4 is 41.3 Å². The molecule has 4 nitrogen and oxygen atoms in total. The fourth-order valence-corrected chi connectivity index (χ4v) is 2.62. The van der Waals surface area contributed by atoms with Crippen LogP contribution in [0.15, 0.2) is 21.8 Å². The molecule has 1 rings (SSSR count). The minimum absolute atomic E-state index is 0. The maximum Gasteiger partial charge on any atom is 0.191 e. The fraction of sp³-hybridized carbons (Fsp3) is 0.688. The third kappa shape index (κ3) is 8.33. The lowest BCUT2D eigenvalue weighted by atomic mass is 10.1. The van der Waals surface area contributed by atoms with Gasteiger partial charge in [0.25, 0.3) is 0 Å². The SMILES string of the molecule is CCNC(=NCC(C)c1ccsc1)NCCN(C)C(C)C.I. The van der Waals surface area contributed by atoms with Crippen molar-refractivity contribution in [1.29, 1.82) is 0 Å². The van der Waals surface area contributed by atoms with E-state index in [9.17, 15) is 0 Å². The van der Waals surface area contributed by atoms with Gasteiger partial charge in [-0.3, -0.25) is 4.99 Å². The Bertz CT molecular complexity index is 406. The van der Waals surface area contributed by atoms with Gasteiger partial charge in [0.1, 0.15) is 0 Å². The molecule has 1 heterocycles. The Morgan fingerprint density at radius 3 is 2.59 bits per heavy atom. The van der Waals surface area contributed by atoms with E-state index >= 15 is 0 Å². The number of rotatable bonds is 8. The summed E-state index contributed by atoms with van der Waals surface area (Å²) >= 11 is 1.75. The minimum Gasteiger partial charge on any atom is -0.357 e. The smallest absolute Gasteiger partial charge is 0.191 e. The van der Waals surface area contributed by atoms with Crippen molar-refractivity contribution < 1.29 is 0 Å². The van der Waals surface area contributed by atoms with E-state index in [1.165, 1.54) is 5.56 Å². The molecule has 128 valence electrons. The summed E-state index contributed by atoms with van der Waals surface area (Å²) < 4.78 is 0. The van der Waals surface area contributed by atoms with E-state index in [0.29, 0.717) is 12.0 Å². The Morgan fingerprint density at radius 1 is 1.32 bits per heavy atom. The number of halogens is 1. The van der Waals surface area contributed by atoms with Crippen molar-refractivity contribution in [2.75, 3.05) is 33.2 Å². The third-order valence-electron chi connectivity index (χ3n) is 3.62. The molecule has 0 aliphatic heterocycles. The number of hydrogen-bond donors (Lipinski definition) is 2. The number of aliphatic imine (C=N–C) groups is 1. The van der Waals surface area contributed by atoms with Gasteiger partial charge in [-0.05, 0) is 50.2 Å². The molecule has 6 heteroatoms. The first-order valence-electron chi connectivity index (χ1n) is 7.79. The van der Waals surface area contributed by atoms with Crippen LogP contribution >= 0.6 is 35.3 Å². The van der Waals surface area contributed by atoms with E-state index < -0.39 is 0 Å². The molecule has 22 heavy (non-hydrogen) atoms. The summed E-state index contributed by atoms with van der Waals surface area (Å²) in [6.45, 7) is 12.4. The average Bonchev–Trinajstić information content (AvgIpc) is 2.98. The van der Waals surface area contributed by atoms with Gasteiger partial charge in [-0.15, -0.1) is 24.0 Å². The highest BCUT2D eigenvalue weighted by Crippen LogP contribution is 2.18. The Morgan fingerprint density at radius 2 is 2.05 bits per heavy atom. The number of likely N-dealkylation sites (N-methyl/N-ethyl adjacent to an activating group) is 1. The molecule has 0 saturated carbocycles. The Hall–Kier alpha value is -0.340. The van der Waals surface area contributed by atoms with E-state index in [1.54, 1.807) is 11.3 Å². The summed E-state index contributed by atoms with van der Waals surface area (Å²) in [4.78, 5) is 7.02. The van der Waals surface area contributed by atoms with Crippen molar-refractivity contribution in [2.24, 2.45) is 4.99 Å². The highest BCUT2D eigenvalue weighted by atomic mass is 127. The second kappa shape index (κ2) is 12.1. The first-order chi connectivity index (χ1) is 10.0. The maximum atomic E-state index is 4.69. The summed E-state index contributed by atoms with van der Waals surface area (Å²) in [7, 11) is 2.15. The number of thiophene rings is 1. The Kier molecular flexibility index (Phi) is 11.9. The molecular formula is C16H31IN4S. The van der Waals surface area contributed by atoms with E-state index in [0.717, 1.165) is 32.1 Å². The van der Waals surface area contributed by atoms with Gasteiger partial charge in [0.15, 0.2) is 5.96 Å². The second-order valence-corrected chi connectivity index (χ2v) is 6.46. The van der Waals surface area contributed by atoms with Crippen LogP contribution in [-0.4, -0.2) is 50.1 Å². The molecule has 0 aliphatic carbocycles. The zero-order valence-corrected chi connectivity index (χ0v) is 17.6. The van der Waals surface area contributed by atoms with E-state index in [2.05, 4.69) is 67.1 Å². The van der Waals surface area contributed by atoms with Crippen LogP contribution in [0.3, 0.4) is 0 Å². The van der Waals surface area contributed by atoms with Crippen LogP contribution in [0.4, 0.5) is 0 Å². The van der Waals surface area contributed by atoms with Gasteiger partial charge in [-0.2, -0.15) is 11.3 Å². The second-order valence-electron chi connectivity index (χ2n) is 5.68. The quantitative estimate of drug-likeness (QED) is 0.372. The van der Waals surface area contributed by atoms with Crippen LogP contribution in [0, 0.1) is 0 Å². The molecule has 0 saturated heterocycles. The Balaban J connectivity index is 0.00000441. The summed E-state index contributed by atoms with van der Waals surface area (Å²) in [6.07, 6.45) is 0. The molecule has 1 unspecified atom stereocenters. The van der Waals surface area contributed by atoms with Crippen molar-refractivity contribution in [3.63, 3.8) is 0 Å².